The normalized spacial score (nSPS) is 21.6. The molecular weight excluding hydrogens is 1910 g/mol. The second-order valence-corrected chi connectivity index (χ2v) is 33.0. The number of fused-ring (bicyclic) bond motifs is 3. The van der Waals surface area contributed by atoms with E-state index in [0.29, 0.717) is 95.7 Å². The molecule has 3 aromatic heterocycles. The van der Waals surface area contributed by atoms with Crippen LogP contribution in [0.4, 0.5) is 52.7 Å². The van der Waals surface area contributed by atoms with Crippen molar-refractivity contribution in [2.45, 2.75) is 197 Å². The summed E-state index contributed by atoms with van der Waals surface area (Å²) in [4.78, 5) is 95.9. The zero-order valence-corrected chi connectivity index (χ0v) is 78.7. The number of carbonyl (C=O) groups is 3. The van der Waals surface area contributed by atoms with Crippen molar-refractivity contribution in [3.05, 3.63) is 350 Å². The Hall–Kier alpha value is -11.9. The van der Waals surface area contributed by atoms with Gasteiger partial charge in [0.2, 0.25) is 17.7 Å². The van der Waals surface area contributed by atoms with Crippen molar-refractivity contribution >= 4 is 53.0 Å². The maximum atomic E-state index is 15.3. The van der Waals surface area contributed by atoms with Crippen LogP contribution in [0.2, 0.25) is 0 Å². The Morgan fingerprint density at radius 3 is 1.12 bits per heavy atom. The molecule has 9 aromatic carbocycles. The number of hydrogen-bond donors (Lipinski definition) is 0. The number of amides is 3. The molecule has 0 radical (unpaired) electrons. The fourth-order valence-corrected chi connectivity index (χ4v) is 16.1. The van der Waals surface area contributed by atoms with Crippen LogP contribution in [0.5, 0.6) is 0 Å². The quantitative estimate of drug-likeness (QED) is 0.0202. The predicted octanol–water partition coefficient (Wildman–Crippen LogP) is 22.2. The molecule has 0 spiro atoms. The van der Waals surface area contributed by atoms with Crippen LogP contribution in [-0.2, 0) is 128 Å². The standard InChI is InChI=1S/2C37H40F4N4O2S.C36H38F4N4O2S/c1-4-43(5-2)18-19-44(22-26-6-10-28(11-7-26)29-12-14-30(15-13-29)37(39,40)41)34(46)23-45-33-21-25(3)20-32(33)35(47)42-36(45)48-24-27-8-16-31(38)17-9-27;1-4-43(5-2)19-20-44(22-26-9-13-28(14-10-26)29-15-18-32(25(3)21-29)37(39,40)41)34(46)23-45-33-8-6-7-31(33)35(47)42-36(45)48-24-27-11-16-30(38)17-12-27;1-3-42(4-2)20-21-43(22-25-8-12-27(13-9-25)28-14-16-29(17-15-28)36(38,39)40)33(45)23-44-32-7-5-6-31(32)34(46)41-35(44)47-24-26-10-18-30(37)19-11-26/h6-17,25H,4-5,18-24H2,1-3H3;9-18,21H,4-8,19-20,22-24H2,1-3H3;8-19H,3-7,20-24H2,1-2H3/i4D2,5D2,6D,7D,10D,11D,12D,13D,14D,15D,18D2,19D2,20D2,21D2,23D2,25D;4D2,5D2,9D,10D,13D,14D,15D,18D,19D2,20D2,21D,23D2;3D2,4D2,10D,11D,18D,19D,20D2,21D2,23D2. The minimum Gasteiger partial charge on any atom is -0.336 e. The van der Waals surface area contributed by atoms with E-state index in [1.165, 1.54) is 60.7 Å². The van der Waals surface area contributed by atoms with Crippen molar-refractivity contribution in [3.8, 4) is 33.4 Å². The van der Waals surface area contributed by atoms with Crippen LogP contribution in [-0.4, -0.2) is 154 Å². The lowest BCUT2D eigenvalue weighted by atomic mass is 9.98. The highest BCUT2D eigenvalue weighted by atomic mass is 32.2. The molecule has 0 fully saturated rings. The third-order valence-corrected chi connectivity index (χ3v) is 23.5. The Labute approximate surface area is 914 Å². The van der Waals surface area contributed by atoms with E-state index in [1.54, 1.807) is 0 Å². The Balaban J connectivity index is 0.000000238. The van der Waals surface area contributed by atoms with Gasteiger partial charge in [-0.2, -0.15) is 54.5 Å². The lowest BCUT2D eigenvalue weighted by Crippen LogP contribution is -2.40. The second-order valence-electron chi connectivity index (χ2n) is 30.2. The first-order chi connectivity index (χ1) is 89.1. The number of benzene rings is 9. The zero-order valence-electron chi connectivity index (χ0n) is 130. The van der Waals surface area contributed by atoms with Crippen molar-refractivity contribution in [2.24, 2.45) is 5.89 Å². The van der Waals surface area contributed by atoms with Crippen LogP contribution < -0.4 is 16.7 Å². The molecule has 1 unspecified atom stereocenters. The number of hydrogen-bond acceptors (Lipinski definition) is 15. The highest BCUT2D eigenvalue weighted by molar-refractivity contribution is 7.98. The maximum absolute atomic E-state index is 15.3. The van der Waals surface area contributed by atoms with Gasteiger partial charge in [0.05, 0.1) is 59.2 Å². The van der Waals surface area contributed by atoms with Crippen molar-refractivity contribution in [2.75, 3.05) is 78.0 Å². The van der Waals surface area contributed by atoms with Crippen molar-refractivity contribution in [1.82, 2.24) is 58.1 Å². The summed E-state index contributed by atoms with van der Waals surface area (Å²) in [5.41, 5.74) is -16.9. The van der Waals surface area contributed by atoms with E-state index in [4.69, 9.17) is 60.3 Å². The van der Waals surface area contributed by atoms with Crippen LogP contribution in [0.25, 0.3) is 33.4 Å². The van der Waals surface area contributed by atoms with Crippen molar-refractivity contribution < 1.29 is 141 Å². The van der Waals surface area contributed by atoms with E-state index in [9.17, 15) is 85.6 Å². The fourth-order valence-electron chi connectivity index (χ4n) is 13.5. The first-order valence-electron chi connectivity index (χ1n) is 69.4. The third kappa shape index (κ3) is 29.5. The molecule has 3 aliphatic rings. The molecule has 1 atom stereocenters. The molecule has 756 valence electrons. The Morgan fingerprint density at radius 1 is 0.385 bits per heavy atom. The Morgan fingerprint density at radius 2 is 0.727 bits per heavy atom. The van der Waals surface area contributed by atoms with Gasteiger partial charge < -0.3 is 43.1 Å². The van der Waals surface area contributed by atoms with E-state index < -0.39 is 420 Å². The summed E-state index contributed by atoms with van der Waals surface area (Å²) in [6.07, 6.45) is -21.5. The molecule has 0 aliphatic heterocycles. The van der Waals surface area contributed by atoms with Gasteiger partial charge in [-0.1, -0.05) is 229 Å². The minimum absolute atomic E-state index is 0.000310. The van der Waals surface area contributed by atoms with Gasteiger partial charge in [0.1, 0.15) is 36.9 Å². The maximum Gasteiger partial charge on any atom is 0.416 e. The number of aromatic nitrogens is 6. The van der Waals surface area contributed by atoms with E-state index in [2.05, 4.69) is 15.0 Å². The van der Waals surface area contributed by atoms with Crippen LogP contribution in [0.3, 0.4) is 0 Å². The number of carbonyl (C=O) groups excluding carboxylic acids is 3. The van der Waals surface area contributed by atoms with Crippen molar-refractivity contribution in [3.63, 3.8) is 0 Å². The molecule has 15 rings (SSSR count). The van der Waals surface area contributed by atoms with Gasteiger partial charge in [0.15, 0.2) is 15.5 Å². The number of likely N-dealkylation sites (N-methyl/N-ethyl adjacent to an activating group) is 3. The van der Waals surface area contributed by atoms with Crippen LogP contribution in [0.1, 0.15) is 225 Å². The molecule has 0 bridgehead atoms. The van der Waals surface area contributed by atoms with Crippen LogP contribution in [0, 0.1) is 30.3 Å². The number of alkyl halides is 9. The monoisotopic (exact) mass is 2080 g/mol. The molecule has 143 heavy (non-hydrogen) atoms. The van der Waals surface area contributed by atoms with Crippen molar-refractivity contribution in [1.29, 1.82) is 0 Å². The summed E-state index contributed by atoms with van der Waals surface area (Å²) in [5, 5.41) is -1.99. The zero-order chi connectivity index (χ0) is 150. The molecule has 0 saturated carbocycles. The van der Waals surface area contributed by atoms with E-state index in [-0.39, 0.29) is 113 Å². The van der Waals surface area contributed by atoms with Gasteiger partial charge in [0.25, 0.3) is 16.7 Å². The molecule has 0 saturated heterocycles. The SMILES string of the molecule is [2H]c1c([2H])c(-c2c([2H])c([2H])c(C(F)(F)F)c(C)c2[2H])c([2H])c([2H])c1CN(C(=O)C([2H])([2H])n1c(SCc2ccc(F)cc2)nc(=O)c2c1CCC2)C([2H])([2H])C([2H])([2H])N(C([2H])([2H])C)C([2H])([2H])C.[2H]c1c([2H])c(-c2c([2H])c([2H])c(C(F)(F)F)c([2H])c2[2H])c([2H])c([2H])c1CN(C(=O)C([2H])([2H])n1c(SCc2ccc(F)cc2)nc(=O)c2c1C([2H])([2H])C([2H])(C)C2([2H])[2H])C([2H])([2H])C([2H])([2H])N(C([2H])([2H])C)C([2H])([2H])C.[2H]c1c([2H])c(CSc2nc(=O)c3c(n2C([2H])([2H])C(=O)N(Cc2ccc(-c4ccc(C(F)(F)F)cc4)cc2)C([2H])([2H])C([2H])([2H])N(C([2H])([2H])C)C([2H])([2H])C)CCC3)c([2H])c([2H])c1F. The largest absolute Gasteiger partial charge is 0.416 e. The summed E-state index contributed by atoms with van der Waals surface area (Å²) in [6, 6.07) is -5.14. The van der Waals surface area contributed by atoms with Crippen LogP contribution >= 0.6 is 35.3 Å². The van der Waals surface area contributed by atoms with Gasteiger partial charge in [-0.3, -0.25) is 28.8 Å². The topological polar surface area (TPSA) is 175 Å². The smallest absolute Gasteiger partial charge is 0.336 e. The molecule has 3 heterocycles. The molecule has 12 aromatic rings. The molecule has 3 aliphatic carbocycles. The van der Waals surface area contributed by atoms with E-state index >= 15 is 9.59 Å². The number of nitrogens with zero attached hydrogens (tertiary/aromatic N) is 12. The molecule has 0 N–H and O–H groups in total. The lowest BCUT2D eigenvalue weighted by Gasteiger charge is -2.28. The first kappa shape index (κ1) is 57.1. The number of halogens is 12. The average Bonchev–Trinajstić information content (AvgIpc) is 1.51. The summed E-state index contributed by atoms with van der Waals surface area (Å²) < 4.78 is 635. The average molecular weight is 2080 g/mol. The summed E-state index contributed by atoms with van der Waals surface area (Å²) in [7, 11) is 0. The highest BCUT2D eigenvalue weighted by Crippen LogP contribution is 2.39. The highest BCUT2D eigenvalue weighted by Gasteiger charge is 2.36. The third-order valence-electron chi connectivity index (χ3n) is 20.6. The first-order valence-corrected chi connectivity index (χ1v) is 45.4. The van der Waals surface area contributed by atoms with Gasteiger partial charge in [0, 0.05) is 141 Å². The Kier molecular flexibility index (Phi) is 20.0. The van der Waals surface area contributed by atoms with Gasteiger partial charge in [-0.05, 0) is 242 Å². The summed E-state index contributed by atoms with van der Waals surface area (Å²) in [5.74, 6) is -13.1. The van der Waals surface area contributed by atoms with E-state index in [1.807, 2.05) is 0 Å². The van der Waals surface area contributed by atoms with E-state index in [0.717, 1.165) is 57.2 Å². The fraction of sp³-hybridized carbons (Fsp3) is 0.373. The summed E-state index contributed by atoms with van der Waals surface area (Å²) >= 11 is 1.56. The minimum atomic E-state index is -5.46. The second kappa shape index (κ2) is 50.1. The molecular formula is C110H118F12N12O6S3. The van der Waals surface area contributed by atoms with Gasteiger partial charge >= 0.3 is 18.5 Å². The number of rotatable bonds is 39. The Bertz CT molecular complexity index is 9410. The van der Waals surface area contributed by atoms with Gasteiger partial charge in [-0.15, -0.1) is 0 Å². The summed E-state index contributed by atoms with van der Waals surface area (Å²) in [6.45, 7) is -53.2. The van der Waals surface area contributed by atoms with Crippen LogP contribution in [0.15, 0.2) is 242 Å². The molecule has 18 nitrogen and oxygen atoms in total. The predicted molar refractivity (Wildman–Crippen MR) is 539 cm³/mol. The molecule has 33 heteroatoms. The van der Waals surface area contributed by atoms with Gasteiger partial charge in [-0.25, -0.2) is 13.2 Å². The number of thioether (sulfide) groups is 3. The lowest BCUT2D eigenvalue weighted by molar-refractivity contribution is -0.138. The molecule has 3 amide bonds.